The summed E-state index contributed by atoms with van der Waals surface area (Å²) in [5, 5.41) is 4.12. The van der Waals surface area contributed by atoms with Gasteiger partial charge in [0.2, 0.25) is 0 Å². The first-order valence-corrected chi connectivity index (χ1v) is 6.40. The molecule has 2 rings (SSSR count). The molecule has 18 heavy (non-hydrogen) atoms. The summed E-state index contributed by atoms with van der Waals surface area (Å²) in [5.41, 5.74) is 0. The summed E-state index contributed by atoms with van der Waals surface area (Å²) >= 11 is 6.94. The van der Waals surface area contributed by atoms with E-state index in [0.717, 1.165) is 0 Å². The number of esters is 1. The number of nitrogens with one attached hydrogen (secondary N) is 1. The molecule has 2 heterocycles. The van der Waals surface area contributed by atoms with Crippen LogP contribution in [0.25, 0.3) is 0 Å². The second-order valence-electron chi connectivity index (χ2n) is 3.24. The standard InChI is InChI=1S/C11H10ClN3O2S/c1-2-17-10(16)8-6-14-11(18-8)15-9-4-3-7(12)5-13-9/h3-6H,2H2,1H3,(H,13,14,15). The van der Waals surface area contributed by atoms with E-state index in [1.54, 1.807) is 19.1 Å². The SMILES string of the molecule is CCOC(=O)c1cnc(Nc2ccc(Cl)cn2)s1. The quantitative estimate of drug-likeness (QED) is 0.874. The van der Waals surface area contributed by atoms with Crippen LogP contribution < -0.4 is 5.32 Å². The van der Waals surface area contributed by atoms with Gasteiger partial charge in [0, 0.05) is 6.20 Å². The number of aromatic nitrogens is 2. The third kappa shape index (κ3) is 3.18. The highest BCUT2D eigenvalue weighted by Crippen LogP contribution is 2.22. The van der Waals surface area contributed by atoms with E-state index in [9.17, 15) is 4.79 Å². The van der Waals surface area contributed by atoms with E-state index in [0.29, 0.717) is 27.5 Å². The summed E-state index contributed by atoms with van der Waals surface area (Å²) in [5.74, 6) is 0.247. The van der Waals surface area contributed by atoms with Gasteiger partial charge in [-0.1, -0.05) is 22.9 Å². The molecule has 1 N–H and O–H groups in total. The van der Waals surface area contributed by atoms with Crippen LogP contribution in [0.4, 0.5) is 10.9 Å². The van der Waals surface area contributed by atoms with Gasteiger partial charge in [0.25, 0.3) is 0 Å². The molecule has 0 aromatic carbocycles. The molecule has 5 nitrogen and oxygen atoms in total. The van der Waals surface area contributed by atoms with E-state index >= 15 is 0 Å². The Kier molecular flexibility index (Phi) is 4.11. The number of ether oxygens (including phenoxy) is 1. The number of hydrogen-bond donors (Lipinski definition) is 1. The van der Waals surface area contributed by atoms with Crippen LogP contribution in [0, 0.1) is 0 Å². The molecule has 7 heteroatoms. The van der Waals surface area contributed by atoms with Crippen LogP contribution >= 0.6 is 22.9 Å². The van der Waals surface area contributed by atoms with Gasteiger partial charge in [0.15, 0.2) is 5.13 Å². The van der Waals surface area contributed by atoms with E-state index in [2.05, 4.69) is 15.3 Å². The number of hydrogen-bond acceptors (Lipinski definition) is 6. The Morgan fingerprint density at radius 3 is 2.94 bits per heavy atom. The molecule has 0 unspecified atom stereocenters. The molecule has 0 radical (unpaired) electrons. The topological polar surface area (TPSA) is 64.1 Å². The lowest BCUT2D eigenvalue weighted by Gasteiger charge is -2.00. The minimum absolute atomic E-state index is 0.345. The predicted molar refractivity (Wildman–Crippen MR) is 70.6 cm³/mol. The zero-order valence-electron chi connectivity index (χ0n) is 9.51. The van der Waals surface area contributed by atoms with Crippen molar-refractivity contribution < 1.29 is 9.53 Å². The van der Waals surface area contributed by atoms with Crippen molar-refractivity contribution in [3.63, 3.8) is 0 Å². The minimum atomic E-state index is -0.368. The number of halogens is 1. The fraction of sp³-hybridized carbons (Fsp3) is 0.182. The molecule has 2 aromatic rings. The summed E-state index contributed by atoms with van der Waals surface area (Å²) in [6.07, 6.45) is 3.00. The molecule has 0 saturated heterocycles. The smallest absolute Gasteiger partial charge is 0.350 e. The van der Waals surface area contributed by atoms with Crippen molar-refractivity contribution in [1.29, 1.82) is 0 Å². The van der Waals surface area contributed by atoms with Gasteiger partial charge < -0.3 is 10.1 Å². The van der Waals surface area contributed by atoms with E-state index in [1.165, 1.54) is 23.7 Å². The molecule has 0 amide bonds. The Morgan fingerprint density at radius 2 is 2.28 bits per heavy atom. The Bertz CT molecular complexity index is 541. The van der Waals surface area contributed by atoms with Gasteiger partial charge in [-0.15, -0.1) is 0 Å². The van der Waals surface area contributed by atoms with Gasteiger partial charge in [-0.3, -0.25) is 0 Å². The second kappa shape index (κ2) is 5.79. The van der Waals surface area contributed by atoms with Gasteiger partial charge in [-0.2, -0.15) is 0 Å². The molecule has 0 bridgehead atoms. The lowest BCUT2D eigenvalue weighted by molar-refractivity contribution is 0.0532. The summed E-state index contributed by atoms with van der Waals surface area (Å²) in [6.45, 7) is 2.11. The first-order valence-electron chi connectivity index (χ1n) is 5.20. The van der Waals surface area contributed by atoms with Crippen LogP contribution in [0.1, 0.15) is 16.6 Å². The maximum absolute atomic E-state index is 11.4. The Morgan fingerprint density at radius 1 is 1.44 bits per heavy atom. The normalized spacial score (nSPS) is 10.1. The number of carbonyl (C=O) groups is 1. The zero-order valence-corrected chi connectivity index (χ0v) is 11.1. The van der Waals surface area contributed by atoms with Crippen LogP contribution in [0.3, 0.4) is 0 Å². The van der Waals surface area contributed by atoms with Crippen molar-refractivity contribution in [1.82, 2.24) is 9.97 Å². The largest absolute Gasteiger partial charge is 0.462 e. The lowest BCUT2D eigenvalue weighted by atomic mass is 10.5. The average Bonchev–Trinajstić information content (AvgIpc) is 2.81. The number of anilines is 2. The number of carbonyl (C=O) groups excluding carboxylic acids is 1. The average molecular weight is 284 g/mol. The van der Waals surface area contributed by atoms with Gasteiger partial charge in [0.1, 0.15) is 10.7 Å². The van der Waals surface area contributed by atoms with Crippen molar-refractivity contribution in [2.45, 2.75) is 6.92 Å². The van der Waals surface area contributed by atoms with Crippen molar-refractivity contribution in [3.8, 4) is 0 Å². The minimum Gasteiger partial charge on any atom is -0.462 e. The lowest BCUT2D eigenvalue weighted by Crippen LogP contribution is -2.01. The van der Waals surface area contributed by atoms with E-state index < -0.39 is 0 Å². The van der Waals surface area contributed by atoms with Crippen LogP contribution in [-0.4, -0.2) is 22.5 Å². The summed E-state index contributed by atoms with van der Waals surface area (Å²) in [6, 6.07) is 3.45. The highest BCUT2D eigenvalue weighted by molar-refractivity contribution is 7.17. The highest BCUT2D eigenvalue weighted by Gasteiger charge is 2.11. The zero-order chi connectivity index (χ0) is 13.0. The number of rotatable bonds is 4. The van der Waals surface area contributed by atoms with E-state index in [-0.39, 0.29) is 5.97 Å². The molecule has 0 aliphatic rings. The van der Waals surface area contributed by atoms with Gasteiger partial charge in [0.05, 0.1) is 17.8 Å². The third-order valence-corrected chi connectivity index (χ3v) is 3.06. The van der Waals surface area contributed by atoms with E-state index in [1.807, 2.05) is 0 Å². The Hall–Kier alpha value is -1.66. The first-order chi connectivity index (χ1) is 8.69. The Labute approximate surface area is 113 Å². The summed E-state index contributed by atoms with van der Waals surface area (Å²) < 4.78 is 4.88. The monoisotopic (exact) mass is 283 g/mol. The molecular weight excluding hydrogens is 274 g/mol. The summed E-state index contributed by atoms with van der Waals surface area (Å²) in [4.78, 5) is 20.0. The third-order valence-electron chi connectivity index (χ3n) is 1.94. The van der Waals surface area contributed by atoms with Crippen LogP contribution in [-0.2, 0) is 4.74 Å². The number of nitrogens with zero attached hydrogens (tertiary/aromatic N) is 2. The van der Waals surface area contributed by atoms with Crippen molar-refractivity contribution in [3.05, 3.63) is 34.4 Å². The van der Waals surface area contributed by atoms with Crippen molar-refractivity contribution in [2.75, 3.05) is 11.9 Å². The second-order valence-corrected chi connectivity index (χ2v) is 4.70. The number of pyridine rings is 1. The maximum atomic E-state index is 11.4. The molecule has 94 valence electrons. The van der Waals surface area contributed by atoms with Crippen LogP contribution in [0.5, 0.6) is 0 Å². The van der Waals surface area contributed by atoms with Gasteiger partial charge >= 0.3 is 5.97 Å². The molecule has 0 atom stereocenters. The molecule has 0 saturated carbocycles. The molecule has 0 fully saturated rings. The number of thiazole rings is 1. The molecule has 0 spiro atoms. The molecule has 0 aliphatic heterocycles. The van der Waals surface area contributed by atoms with Gasteiger partial charge in [-0.05, 0) is 19.1 Å². The van der Waals surface area contributed by atoms with Gasteiger partial charge in [-0.25, -0.2) is 14.8 Å². The molecule has 0 aliphatic carbocycles. The maximum Gasteiger partial charge on any atom is 0.350 e. The molecule has 2 aromatic heterocycles. The summed E-state index contributed by atoms with van der Waals surface area (Å²) in [7, 11) is 0. The fourth-order valence-corrected chi connectivity index (χ4v) is 2.02. The van der Waals surface area contributed by atoms with Crippen LogP contribution in [0.15, 0.2) is 24.5 Å². The van der Waals surface area contributed by atoms with Crippen molar-refractivity contribution >= 4 is 39.9 Å². The van der Waals surface area contributed by atoms with E-state index in [4.69, 9.17) is 16.3 Å². The highest BCUT2D eigenvalue weighted by atomic mass is 35.5. The molecular formula is C11H10ClN3O2S. The van der Waals surface area contributed by atoms with Crippen molar-refractivity contribution in [2.24, 2.45) is 0 Å². The Balaban J connectivity index is 2.06. The predicted octanol–water partition coefficient (Wildman–Crippen LogP) is 3.11. The fourth-order valence-electron chi connectivity index (χ4n) is 1.19. The van der Waals surface area contributed by atoms with Crippen LogP contribution in [0.2, 0.25) is 5.02 Å². The first kappa shape index (κ1) is 12.8.